The first-order chi connectivity index (χ1) is 48.2. The van der Waals surface area contributed by atoms with Gasteiger partial charge in [-0.2, -0.15) is 13.6 Å². The van der Waals surface area contributed by atoms with E-state index in [1.807, 2.05) is 0 Å². The molecule has 3 saturated heterocycles. The number of nitrogen functional groups attached to an aromatic ring is 1. The van der Waals surface area contributed by atoms with Crippen LogP contribution in [0.2, 0.25) is 0 Å². The number of pyridine rings is 1. The van der Waals surface area contributed by atoms with Crippen molar-refractivity contribution in [1.29, 1.82) is 0 Å². The van der Waals surface area contributed by atoms with Gasteiger partial charge in [-0.05, 0) is 31.2 Å². The Hall–Kier alpha value is -7.99. The molecular formula is C56H69N14O28P4+. The van der Waals surface area contributed by atoms with Gasteiger partial charge >= 0.3 is 48.8 Å². The normalized spacial score (nSPS) is 26.5. The number of aromatic amines is 2. The summed E-state index contributed by atoms with van der Waals surface area (Å²) in [6.07, 6.45) is -17.6. The number of aliphatic hydroxyl groups excluding tert-OH is 2. The van der Waals surface area contributed by atoms with Crippen molar-refractivity contribution in [3.63, 3.8) is 0 Å². The van der Waals surface area contributed by atoms with E-state index >= 15 is 0 Å². The quantitative estimate of drug-likeness (QED) is 0.0240. The third kappa shape index (κ3) is 16.5. The fourth-order valence-corrected chi connectivity index (χ4v) is 15.8. The van der Waals surface area contributed by atoms with Gasteiger partial charge in [0.05, 0.1) is 56.4 Å². The van der Waals surface area contributed by atoms with Crippen molar-refractivity contribution in [2.45, 2.75) is 108 Å². The highest BCUT2D eigenvalue weighted by molar-refractivity contribution is 7.66. The van der Waals surface area contributed by atoms with E-state index in [0.717, 1.165) is 30.7 Å². The molecule has 0 radical (unpaired) electrons. The van der Waals surface area contributed by atoms with Gasteiger partial charge in [-0.1, -0.05) is 64.1 Å². The number of ether oxygens (including phenoxy) is 6. The number of carbonyl (C=O) groups is 4. The lowest BCUT2D eigenvalue weighted by Crippen LogP contribution is -3.07. The van der Waals surface area contributed by atoms with Crippen molar-refractivity contribution in [2.24, 2.45) is 11.8 Å². The number of quaternary nitrogens is 1. The number of amides is 2. The molecule has 11 rings (SSSR count). The number of nitrogens with one attached hydrogen (secondary N) is 5. The Kier molecular flexibility index (Phi) is 22.4. The molecule has 5 unspecified atom stereocenters. The maximum absolute atomic E-state index is 14.6. The lowest BCUT2D eigenvalue weighted by Gasteiger charge is -2.27. The average Bonchev–Trinajstić information content (AvgIpc) is 1.61. The van der Waals surface area contributed by atoms with Crippen molar-refractivity contribution in [3.05, 3.63) is 118 Å². The molecule has 0 saturated carbocycles. The first-order valence-electron chi connectivity index (χ1n) is 30.9. The number of hydrogen-bond acceptors (Lipinski definition) is 31. The molecule has 0 aliphatic carbocycles. The molecule has 4 aliphatic rings. The van der Waals surface area contributed by atoms with Crippen molar-refractivity contribution in [3.8, 4) is 0 Å². The number of esters is 2. The molecule has 46 heteroatoms. The predicted octanol–water partition coefficient (Wildman–Crippen LogP) is 1.01. The van der Waals surface area contributed by atoms with Crippen LogP contribution in [0, 0.1) is 11.8 Å². The second-order valence-electron chi connectivity index (χ2n) is 23.8. The van der Waals surface area contributed by atoms with Gasteiger partial charge in [0.15, 0.2) is 60.1 Å². The molecule has 2 amide bonds. The van der Waals surface area contributed by atoms with Crippen LogP contribution in [0.5, 0.6) is 0 Å². The number of phosphoric ester groups is 3. The van der Waals surface area contributed by atoms with Gasteiger partial charge in [-0.25, -0.2) is 38.2 Å². The zero-order valence-corrected chi connectivity index (χ0v) is 57.9. The number of anilines is 4. The van der Waals surface area contributed by atoms with Gasteiger partial charge in [0.2, 0.25) is 17.5 Å². The number of benzene rings is 2. The van der Waals surface area contributed by atoms with E-state index in [0.29, 0.717) is 11.4 Å². The minimum atomic E-state index is -6.32. The van der Waals surface area contributed by atoms with Crippen LogP contribution in [-0.2, 0) is 83.0 Å². The summed E-state index contributed by atoms with van der Waals surface area (Å²) in [4.78, 5) is 152. The van der Waals surface area contributed by atoms with E-state index in [9.17, 15) is 76.8 Å². The number of rotatable bonds is 28. The van der Waals surface area contributed by atoms with Crippen LogP contribution < -0.4 is 37.3 Å². The van der Waals surface area contributed by atoms with E-state index in [2.05, 4.69) is 54.1 Å². The van der Waals surface area contributed by atoms with Gasteiger partial charge in [-0.3, -0.25) is 70.8 Å². The number of aliphatic hydroxyl groups is 2. The lowest BCUT2D eigenvalue weighted by molar-refractivity contribution is -0.824. The summed E-state index contributed by atoms with van der Waals surface area (Å²) in [5.74, 6) is -5.18. The topological polar surface area (TPSA) is 566 Å². The fourth-order valence-electron chi connectivity index (χ4n) is 11.3. The van der Waals surface area contributed by atoms with Crippen LogP contribution in [0.15, 0.2) is 95.3 Å². The monoisotopic (exact) mass is 1510 g/mol. The molecule has 3 fully saturated rings. The molecule has 4 aliphatic heterocycles. The highest BCUT2D eigenvalue weighted by atomic mass is 31.3. The number of nitrogens with two attached hydrogens (primary N) is 1. The standard InChI is InChI=1S/C56H68N14O28P4/c1-7-67-25-70(46-37(67)50(76)66-56(57)65-46)51-39(72)38(71)31(91-51)19-89-100(81,82)97-102(85,86)98-101(83,84)90-21-33-41(42(87-6)52(93-33)69-24-61-36-44(58-22-59-45(36)69)64-48(74)29-16-12-9-13-17-29)96-99(79,80)88-20-32-40(94-54(77)26(2)3)43(95-55(78)27(4)5)53(92-32)68-23-60-35-30(68)18-34(63-49(35)75)62-47(73)28-14-10-8-11-15-28/h8-18,22-24,26-27,31-33,38-43,51-53,71-72H,7,19-21,25H2,1-6H3,(H,79,80)(H,81,82)(H,83,84)(H,85,86)(H3,57,65,66,76)(H,58,59,64,74)(H2,62,63,73,75)/p+1/t31-,32-,33-,38-,39-,40-,41-,42-,43-,51-,52-,53-/m1/s1. The van der Waals surface area contributed by atoms with E-state index in [1.165, 1.54) is 67.5 Å². The van der Waals surface area contributed by atoms with Crippen molar-refractivity contribution in [2.75, 3.05) is 61.4 Å². The van der Waals surface area contributed by atoms with Crippen LogP contribution in [0.25, 0.3) is 22.2 Å². The summed E-state index contributed by atoms with van der Waals surface area (Å²) in [6.45, 7) is 4.37. The molecule has 0 spiro atoms. The molecule has 5 aromatic heterocycles. The Labute approximate surface area is 574 Å². The van der Waals surface area contributed by atoms with E-state index < -0.39 is 171 Å². The molecule has 42 nitrogen and oxygen atoms in total. The third-order valence-electron chi connectivity index (χ3n) is 16.2. The highest BCUT2D eigenvalue weighted by Gasteiger charge is 2.56. The molecule has 2 aromatic carbocycles. The highest BCUT2D eigenvalue weighted by Crippen LogP contribution is 2.68. The van der Waals surface area contributed by atoms with Crippen molar-refractivity contribution < 1.29 is 127 Å². The van der Waals surface area contributed by atoms with Crippen LogP contribution in [0.3, 0.4) is 0 Å². The number of aromatic nitrogens is 9. The molecule has 7 aromatic rings. The molecule has 550 valence electrons. The van der Waals surface area contributed by atoms with Gasteiger partial charge in [0.25, 0.3) is 17.4 Å². The number of carbonyl (C=O) groups excluding carboxylic acids is 4. The van der Waals surface area contributed by atoms with Gasteiger partial charge < -0.3 is 79.6 Å². The second kappa shape index (κ2) is 30.4. The summed E-state index contributed by atoms with van der Waals surface area (Å²) in [6, 6.07) is 17.3. The SMILES string of the molecule is CC[NH+]1CN([C@@H]2O[C@H](COP(=O)(O)OP(=O)(O)OP(=O)(O)OC[C@H]3O[C@@H](n4cnc5c(NC(=O)c6ccccc6)ncnc54)[C@H](OC)[C@@H]3OP(=O)(O)OC[C@H]3O[C@@H](n4cnc5c(=O)[nH]c(NC(=O)c6ccccc6)cc54)[C@H](OC(=O)C(C)C)[C@@H]3OC(=O)C(C)C)[C@@H](O)[C@H]2O)c2nc(N)[nH]c(=O)c21. The van der Waals surface area contributed by atoms with Crippen LogP contribution in [0.4, 0.5) is 29.1 Å². The predicted molar refractivity (Wildman–Crippen MR) is 345 cm³/mol. The maximum atomic E-state index is 14.6. The number of hydrogen-bond donors (Lipinski definition) is 12. The van der Waals surface area contributed by atoms with E-state index in [-0.39, 0.29) is 69.1 Å². The van der Waals surface area contributed by atoms with E-state index in [1.54, 1.807) is 43.3 Å². The summed E-state index contributed by atoms with van der Waals surface area (Å²) < 4.78 is 123. The Bertz CT molecular complexity index is 4610. The van der Waals surface area contributed by atoms with Crippen LogP contribution >= 0.6 is 31.3 Å². The third-order valence-corrected chi connectivity index (χ3v) is 21.4. The zero-order valence-electron chi connectivity index (χ0n) is 54.3. The maximum Gasteiger partial charge on any atom is 0.490 e. The Morgan fingerprint density at radius 2 is 1.20 bits per heavy atom. The fraction of sp³-hybridized carbons (Fsp3) is 0.446. The summed E-state index contributed by atoms with van der Waals surface area (Å²) >= 11 is 0. The Morgan fingerprint density at radius 1 is 0.657 bits per heavy atom. The molecule has 0 bridgehead atoms. The van der Waals surface area contributed by atoms with Crippen LogP contribution in [-0.4, -0.2) is 199 Å². The first kappa shape index (κ1) is 75.2. The lowest BCUT2D eigenvalue weighted by atomic mass is 10.1. The minimum Gasteiger partial charge on any atom is -0.455 e. The number of phosphoric acid groups is 4. The smallest absolute Gasteiger partial charge is 0.455 e. The van der Waals surface area contributed by atoms with Crippen molar-refractivity contribution in [1.82, 2.24) is 44.0 Å². The van der Waals surface area contributed by atoms with E-state index in [4.69, 9.17) is 52.2 Å². The second-order valence-corrected chi connectivity index (χ2v) is 29.8. The average molecular weight is 1510 g/mol. The summed E-state index contributed by atoms with van der Waals surface area (Å²) in [5, 5.41) is 27.2. The Balaban J connectivity index is 0.832. The van der Waals surface area contributed by atoms with Gasteiger partial charge in [0, 0.05) is 24.3 Å². The number of nitrogens with zero attached hydrogens (tertiary/aromatic N) is 8. The molecule has 13 N–H and O–H groups in total. The molecular weight excluding hydrogens is 1440 g/mol. The molecule has 17 atom stereocenters. The Morgan fingerprint density at radius 3 is 1.79 bits per heavy atom. The zero-order chi connectivity index (χ0) is 73.5. The number of methoxy groups -OCH3 is 1. The summed E-state index contributed by atoms with van der Waals surface area (Å²) in [5.41, 5.74) is 4.56. The van der Waals surface area contributed by atoms with Crippen molar-refractivity contribution >= 4 is 106 Å². The number of H-pyrrole nitrogens is 2. The van der Waals surface area contributed by atoms with Crippen LogP contribution in [0.1, 0.15) is 67.8 Å². The first-order valence-corrected chi connectivity index (χ1v) is 36.9. The van der Waals surface area contributed by atoms with Gasteiger partial charge in [-0.15, -0.1) is 0 Å². The largest absolute Gasteiger partial charge is 0.490 e. The molecule has 9 heterocycles. The number of fused-ring (bicyclic) bond motifs is 3. The molecule has 102 heavy (non-hydrogen) atoms. The number of imidazole rings is 2. The minimum absolute atomic E-state index is 0.0129. The summed E-state index contributed by atoms with van der Waals surface area (Å²) in [7, 11) is -23.0. The van der Waals surface area contributed by atoms with Gasteiger partial charge in [0.1, 0.15) is 54.9 Å².